The van der Waals surface area contributed by atoms with Gasteiger partial charge in [-0.1, -0.05) is 53.6 Å². The molecule has 0 unspecified atom stereocenters. The fraction of sp³-hybridized carbons (Fsp3) is 0.286. The predicted molar refractivity (Wildman–Crippen MR) is 99.9 cm³/mol. The van der Waals surface area contributed by atoms with Gasteiger partial charge in [-0.2, -0.15) is 0 Å². The highest BCUT2D eigenvalue weighted by molar-refractivity contribution is 6.18. The van der Waals surface area contributed by atoms with Gasteiger partial charge in [-0.3, -0.25) is 4.74 Å². The van der Waals surface area contributed by atoms with Crippen molar-refractivity contribution in [3.63, 3.8) is 0 Å². The number of hydroxylamine groups is 3. The van der Waals surface area contributed by atoms with Gasteiger partial charge in [-0.15, -0.1) is 0 Å². The Balaban J connectivity index is 2.18. The van der Waals surface area contributed by atoms with Crippen molar-refractivity contribution < 1.29 is 9.95 Å². The van der Waals surface area contributed by atoms with Gasteiger partial charge in [0.25, 0.3) is 0 Å². The van der Waals surface area contributed by atoms with Crippen LogP contribution in [-0.2, 0) is 5.21 Å². The highest BCUT2D eigenvalue weighted by Crippen LogP contribution is 2.40. The largest absolute Gasteiger partial charge is 0.714 e. The van der Waals surface area contributed by atoms with Crippen molar-refractivity contribution in [2.45, 2.75) is 38.8 Å². The Bertz CT molecular complexity index is 980. The summed E-state index contributed by atoms with van der Waals surface area (Å²) in [6.45, 7) is 7.30. The lowest BCUT2D eigenvalue weighted by atomic mass is 9.84. The number of amidine groups is 1. The zero-order valence-corrected chi connectivity index (χ0v) is 14.9. The second-order valence-electron chi connectivity index (χ2n) is 7.72. The standard InChI is InChI=1S/C21H21N2O2/c1-20(2)21(3,4)23(25)19(22(20)24)18-16-11-7-5-9-14(16)13-15-10-6-8-12-17(15)18/h5-13H,1-4H3. The van der Waals surface area contributed by atoms with Crippen molar-refractivity contribution in [3.8, 4) is 0 Å². The van der Waals surface area contributed by atoms with Gasteiger partial charge < -0.3 is 5.21 Å². The van der Waals surface area contributed by atoms with E-state index in [1.807, 2.05) is 76.2 Å². The summed E-state index contributed by atoms with van der Waals surface area (Å²) in [4.78, 5) is 0. The van der Waals surface area contributed by atoms with E-state index in [-0.39, 0.29) is 5.84 Å². The van der Waals surface area contributed by atoms with Gasteiger partial charge in [0.05, 0.1) is 5.56 Å². The average molecular weight is 333 g/mol. The monoisotopic (exact) mass is 333 g/mol. The van der Waals surface area contributed by atoms with E-state index in [0.29, 0.717) is 0 Å². The molecule has 1 heterocycles. The molecule has 0 spiro atoms. The maximum atomic E-state index is 13.2. The summed E-state index contributed by atoms with van der Waals surface area (Å²) in [6.07, 6.45) is 0. The predicted octanol–water partition coefficient (Wildman–Crippen LogP) is 4.47. The fourth-order valence-corrected chi connectivity index (χ4v) is 3.57. The minimum absolute atomic E-state index is 0.197. The van der Waals surface area contributed by atoms with Gasteiger partial charge in [0.2, 0.25) is 0 Å². The lowest BCUT2D eigenvalue weighted by Crippen LogP contribution is -2.53. The molecule has 1 radical (unpaired) electrons. The highest BCUT2D eigenvalue weighted by Gasteiger charge is 2.60. The average Bonchev–Trinajstić information content (AvgIpc) is 2.71. The molecule has 4 heteroatoms. The number of benzene rings is 3. The normalized spacial score (nSPS) is 19.2. The first-order valence-electron chi connectivity index (χ1n) is 8.49. The topological polar surface area (TPSA) is 49.2 Å². The molecular formula is C21H21N2O2. The van der Waals surface area contributed by atoms with Crippen LogP contribution in [-0.4, -0.2) is 26.7 Å². The third kappa shape index (κ3) is 1.94. The molecule has 0 amide bonds. The lowest BCUT2D eigenvalue weighted by Gasteiger charge is -2.32. The van der Waals surface area contributed by atoms with Gasteiger partial charge in [0.1, 0.15) is 5.54 Å². The molecule has 0 aromatic heterocycles. The molecule has 3 aromatic rings. The highest BCUT2D eigenvalue weighted by atomic mass is 16.5. The minimum Gasteiger partial charge on any atom is -0.714 e. The first-order chi connectivity index (χ1) is 11.8. The summed E-state index contributed by atoms with van der Waals surface area (Å²) in [5.74, 6) is 0.197. The minimum atomic E-state index is -0.831. The van der Waals surface area contributed by atoms with E-state index < -0.39 is 11.1 Å². The van der Waals surface area contributed by atoms with Gasteiger partial charge in [-0.05, 0) is 55.3 Å². The molecule has 3 aromatic carbocycles. The molecule has 0 atom stereocenters. The van der Waals surface area contributed by atoms with E-state index in [1.54, 1.807) is 0 Å². The van der Waals surface area contributed by atoms with Crippen LogP contribution in [0.1, 0.15) is 33.3 Å². The Morgan fingerprint density at radius 1 is 0.880 bits per heavy atom. The lowest BCUT2D eigenvalue weighted by molar-refractivity contribution is -0.539. The van der Waals surface area contributed by atoms with E-state index >= 15 is 0 Å². The van der Waals surface area contributed by atoms with Crippen molar-refractivity contribution in [2.75, 3.05) is 0 Å². The summed E-state index contributed by atoms with van der Waals surface area (Å²) in [5, 5.41) is 31.1. The van der Waals surface area contributed by atoms with Crippen LogP contribution in [0.15, 0.2) is 54.6 Å². The third-order valence-corrected chi connectivity index (χ3v) is 5.89. The summed E-state index contributed by atoms with van der Waals surface area (Å²) < 4.78 is 0.897. The molecule has 4 rings (SSSR count). The molecule has 0 aliphatic carbocycles. The molecule has 0 saturated carbocycles. The number of rotatable bonds is 1. The molecule has 0 saturated heterocycles. The second-order valence-corrected chi connectivity index (χ2v) is 7.72. The Kier molecular flexibility index (Phi) is 3.16. The molecule has 127 valence electrons. The van der Waals surface area contributed by atoms with Crippen LogP contribution < -0.4 is 0 Å². The van der Waals surface area contributed by atoms with Crippen molar-refractivity contribution in [3.05, 3.63) is 65.4 Å². The van der Waals surface area contributed by atoms with Crippen LogP contribution in [0.3, 0.4) is 0 Å². The molecule has 0 N–H and O–H groups in total. The third-order valence-electron chi connectivity index (χ3n) is 5.89. The number of nitrogens with zero attached hydrogens (tertiary/aromatic N) is 2. The van der Waals surface area contributed by atoms with Crippen LogP contribution in [0.4, 0.5) is 0 Å². The van der Waals surface area contributed by atoms with E-state index in [4.69, 9.17) is 0 Å². The van der Waals surface area contributed by atoms with Crippen LogP contribution in [0.5, 0.6) is 0 Å². The first kappa shape index (κ1) is 15.9. The summed E-state index contributed by atoms with van der Waals surface area (Å²) in [6, 6.07) is 17.9. The van der Waals surface area contributed by atoms with Gasteiger partial charge in [0.15, 0.2) is 5.54 Å². The molecule has 1 aliphatic rings. The molecular weight excluding hydrogens is 312 g/mol. The van der Waals surface area contributed by atoms with E-state index in [2.05, 4.69) is 6.07 Å². The quantitative estimate of drug-likeness (QED) is 0.375. The molecule has 1 aliphatic heterocycles. The Morgan fingerprint density at radius 3 is 1.80 bits per heavy atom. The zero-order chi connectivity index (χ0) is 18.0. The van der Waals surface area contributed by atoms with Crippen molar-refractivity contribution >= 4 is 27.4 Å². The van der Waals surface area contributed by atoms with Crippen LogP contribution in [0.2, 0.25) is 0 Å². The summed E-state index contributed by atoms with van der Waals surface area (Å²) >= 11 is 0. The SMILES string of the molecule is CC1(C)N([O])C(c2c3ccccc3cc3ccccc23)=[N+]([O-])C1(C)C. The number of fused-ring (bicyclic) bond motifs is 2. The number of hydrogen-bond acceptors (Lipinski definition) is 2. The van der Waals surface area contributed by atoms with Crippen molar-refractivity contribution in [1.82, 2.24) is 5.06 Å². The van der Waals surface area contributed by atoms with Crippen LogP contribution >= 0.6 is 0 Å². The zero-order valence-electron chi connectivity index (χ0n) is 14.9. The summed E-state index contributed by atoms with van der Waals surface area (Å²) in [5.41, 5.74) is -0.943. The second kappa shape index (κ2) is 4.96. The smallest absolute Gasteiger partial charge is 0.318 e. The molecule has 0 bridgehead atoms. The van der Waals surface area contributed by atoms with E-state index in [9.17, 15) is 10.4 Å². The maximum Gasteiger partial charge on any atom is 0.318 e. The van der Waals surface area contributed by atoms with E-state index in [1.165, 1.54) is 0 Å². The van der Waals surface area contributed by atoms with Gasteiger partial charge in [-0.25, -0.2) is 0 Å². The van der Waals surface area contributed by atoms with Gasteiger partial charge in [0, 0.05) is 5.21 Å². The van der Waals surface area contributed by atoms with Crippen molar-refractivity contribution in [1.29, 1.82) is 0 Å². The Labute approximate surface area is 147 Å². The van der Waals surface area contributed by atoms with Crippen LogP contribution in [0.25, 0.3) is 21.5 Å². The molecule has 25 heavy (non-hydrogen) atoms. The Morgan fingerprint density at radius 2 is 1.36 bits per heavy atom. The van der Waals surface area contributed by atoms with Crippen LogP contribution in [0, 0.1) is 5.21 Å². The van der Waals surface area contributed by atoms with E-state index in [0.717, 1.165) is 36.9 Å². The van der Waals surface area contributed by atoms with Gasteiger partial charge >= 0.3 is 5.84 Å². The number of hydrogen-bond donors (Lipinski definition) is 0. The maximum absolute atomic E-state index is 13.2. The summed E-state index contributed by atoms with van der Waals surface area (Å²) in [7, 11) is 0. The fourth-order valence-electron chi connectivity index (χ4n) is 3.57. The molecule has 4 nitrogen and oxygen atoms in total. The van der Waals surface area contributed by atoms with Crippen molar-refractivity contribution in [2.24, 2.45) is 0 Å². The Hall–Kier alpha value is -2.59. The first-order valence-corrected chi connectivity index (χ1v) is 8.49. The molecule has 0 fully saturated rings.